The Morgan fingerprint density at radius 1 is 0.492 bits per heavy atom. The molecule has 0 aliphatic heterocycles. The van der Waals surface area contributed by atoms with Crippen molar-refractivity contribution in [2.45, 2.75) is 109 Å². The standard InChI is InChI=1S/C55H58N2S2/c1-6-36-17-10-12-26-48(36)56(4)50-28-16-25-45-44-23-14-22-43(52(44)58-54(45)50)39-31-29-37(30-32-39)40-33-47-46-24-15-21-42(38-18-8-7-9-19-38)53(46)59-55(47)51(34-40)57(5)49-27-13-11-20-41(49)35(2)3/h10-17,20-28,33-35,37-39H,6-9,18-19,29-32H2,1-5H3. The summed E-state index contributed by atoms with van der Waals surface area (Å²) in [5.41, 5.74) is 12.8. The second-order valence-electron chi connectivity index (χ2n) is 17.9. The van der Waals surface area contributed by atoms with Gasteiger partial charge in [0.05, 0.1) is 20.8 Å². The Morgan fingerprint density at radius 3 is 1.69 bits per heavy atom. The van der Waals surface area contributed by atoms with E-state index in [1.807, 2.05) is 11.3 Å². The molecule has 2 aromatic heterocycles. The molecule has 0 bridgehead atoms. The van der Waals surface area contributed by atoms with Gasteiger partial charge in [0.2, 0.25) is 0 Å². The topological polar surface area (TPSA) is 6.48 Å². The van der Waals surface area contributed by atoms with Crippen molar-refractivity contribution in [3.63, 3.8) is 0 Å². The molecule has 0 unspecified atom stereocenters. The Balaban J connectivity index is 1.01. The lowest BCUT2D eigenvalue weighted by molar-refractivity contribution is 0.398. The van der Waals surface area contributed by atoms with Crippen molar-refractivity contribution in [2.24, 2.45) is 0 Å². The van der Waals surface area contributed by atoms with Gasteiger partial charge in [-0.25, -0.2) is 0 Å². The van der Waals surface area contributed by atoms with Crippen LogP contribution in [0.1, 0.15) is 130 Å². The van der Waals surface area contributed by atoms with Gasteiger partial charge in [0.1, 0.15) is 0 Å². The number of aryl methyl sites for hydroxylation is 1. The molecule has 59 heavy (non-hydrogen) atoms. The van der Waals surface area contributed by atoms with Crippen molar-refractivity contribution in [1.82, 2.24) is 0 Å². The van der Waals surface area contributed by atoms with Gasteiger partial charge in [0, 0.05) is 56.4 Å². The molecule has 0 radical (unpaired) electrons. The zero-order valence-corrected chi connectivity index (χ0v) is 37.2. The molecule has 10 rings (SSSR count). The predicted octanol–water partition coefficient (Wildman–Crippen LogP) is 17.1. The van der Waals surface area contributed by atoms with Crippen LogP contribution in [0.3, 0.4) is 0 Å². The van der Waals surface area contributed by atoms with Gasteiger partial charge in [-0.3, -0.25) is 0 Å². The Labute approximate surface area is 359 Å². The van der Waals surface area contributed by atoms with Crippen LogP contribution in [0, 0.1) is 0 Å². The fourth-order valence-corrected chi connectivity index (χ4v) is 13.8. The zero-order chi connectivity index (χ0) is 40.2. The highest BCUT2D eigenvalue weighted by molar-refractivity contribution is 7.27. The maximum atomic E-state index is 2.62. The SMILES string of the molecule is CCc1ccccc1N(C)c1cccc2c1sc1c(C3CCC(c4cc(N(C)c5ccccc5C(C)C)c5sc6c(C7CCCCC7)cccc6c5c4)CC3)cccc12. The fraction of sp³-hybridized carbons (Fsp3) is 0.345. The van der Waals surface area contributed by atoms with Gasteiger partial charge in [-0.1, -0.05) is 125 Å². The highest BCUT2D eigenvalue weighted by atomic mass is 32.1. The third-order valence-electron chi connectivity index (χ3n) is 14.2. The van der Waals surface area contributed by atoms with Gasteiger partial charge in [-0.2, -0.15) is 0 Å². The Hall–Kier alpha value is -4.64. The minimum absolute atomic E-state index is 0.457. The number of benzene rings is 6. The highest BCUT2D eigenvalue weighted by Crippen LogP contribution is 2.51. The Morgan fingerprint density at radius 2 is 1.02 bits per heavy atom. The first-order valence-electron chi connectivity index (χ1n) is 22.5. The van der Waals surface area contributed by atoms with E-state index >= 15 is 0 Å². The van der Waals surface area contributed by atoms with Crippen LogP contribution in [0.25, 0.3) is 40.3 Å². The normalized spacial score (nSPS) is 17.8. The maximum absolute atomic E-state index is 2.62. The summed E-state index contributed by atoms with van der Waals surface area (Å²) < 4.78 is 5.86. The van der Waals surface area contributed by atoms with E-state index < -0.39 is 0 Å². The number of para-hydroxylation sites is 2. The van der Waals surface area contributed by atoms with E-state index in [0.29, 0.717) is 23.7 Å². The largest absolute Gasteiger partial charge is 0.343 e. The monoisotopic (exact) mass is 810 g/mol. The molecule has 2 aliphatic rings. The number of hydrogen-bond donors (Lipinski definition) is 0. The molecular weight excluding hydrogens is 753 g/mol. The molecule has 0 amide bonds. The molecule has 0 spiro atoms. The third kappa shape index (κ3) is 6.85. The summed E-state index contributed by atoms with van der Waals surface area (Å²) in [4.78, 5) is 4.94. The molecule has 2 heterocycles. The molecule has 8 aromatic rings. The van der Waals surface area contributed by atoms with Gasteiger partial charge in [0.15, 0.2) is 0 Å². The van der Waals surface area contributed by atoms with E-state index in [9.17, 15) is 0 Å². The average Bonchev–Trinajstić information content (AvgIpc) is 3.87. The van der Waals surface area contributed by atoms with Crippen molar-refractivity contribution in [3.8, 4) is 0 Å². The van der Waals surface area contributed by atoms with Crippen molar-refractivity contribution in [2.75, 3.05) is 23.9 Å². The number of rotatable bonds is 9. The Kier molecular flexibility index (Phi) is 10.5. The number of anilines is 4. The van der Waals surface area contributed by atoms with Crippen molar-refractivity contribution >= 4 is 85.8 Å². The van der Waals surface area contributed by atoms with Crippen LogP contribution in [-0.4, -0.2) is 14.1 Å². The molecular formula is C55H58N2S2. The van der Waals surface area contributed by atoms with Crippen molar-refractivity contribution in [3.05, 3.63) is 143 Å². The molecule has 0 saturated heterocycles. The van der Waals surface area contributed by atoms with Crippen LogP contribution in [0.15, 0.2) is 115 Å². The Bertz CT molecular complexity index is 2790. The minimum atomic E-state index is 0.457. The second kappa shape index (κ2) is 16.1. The molecule has 0 N–H and O–H groups in total. The number of thiophene rings is 2. The van der Waals surface area contributed by atoms with E-state index in [2.05, 4.69) is 171 Å². The first-order valence-corrected chi connectivity index (χ1v) is 24.1. The number of hydrogen-bond acceptors (Lipinski definition) is 4. The summed E-state index contributed by atoms with van der Waals surface area (Å²) >= 11 is 4.08. The molecule has 300 valence electrons. The summed E-state index contributed by atoms with van der Waals surface area (Å²) in [5, 5.41) is 5.73. The lowest BCUT2D eigenvalue weighted by Gasteiger charge is -2.31. The molecule has 2 saturated carbocycles. The van der Waals surface area contributed by atoms with Crippen LogP contribution in [0.4, 0.5) is 22.7 Å². The van der Waals surface area contributed by atoms with Gasteiger partial charge < -0.3 is 9.80 Å². The maximum Gasteiger partial charge on any atom is 0.0592 e. The lowest BCUT2D eigenvalue weighted by Crippen LogP contribution is -2.15. The number of nitrogens with zero attached hydrogens (tertiary/aromatic N) is 2. The molecule has 0 atom stereocenters. The van der Waals surface area contributed by atoms with Crippen LogP contribution >= 0.6 is 22.7 Å². The van der Waals surface area contributed by atoms with Crippen molar-refractivity contribution in [1.29, 1.82) is 0 Å². The first-order chi connectivity index (χ1) is 28.9. The summed E-state index contributed by atoms with van der Waals surface area (Å²) in [6, 6.07) is 44.5. The summed E-state index contributed by atoms with van der Waals surface area (Å²) in [6.45, 7) is 6.92. The van der Waals surface area contributed by atoms with E-state index in [1.54, 1.807) is 11.1 Å². The minimum Gasteiger partial charge on any atom is -0.343 e. The average molecular weight is 811 g/mol. The predicted molar refractivity (Wildman–Crippen MR) is 261 cm³/mol. The molecule has 2 aliphatic carbocycles. The molecule has 2 nitrogen and oxygen atoms in total. The van der Waals surface area contributed by atoms with Crippen molar-refractivity contribution < 1.29 is 0 Å². The fourth-order valence-electron chi connectivity index (χ4n) is 11.0. The summed E-state index contributed by atoms with van der Waals surface area (Å²) in [5.74, 6) is 2.28. The highest BCUT2D eigenvalue weighted by Gasteiger charge is 2.29. The molecule has 4 heteroatoms. The van der Waals surface area contributed by atoms with E-state index in [0.717, 1.165) is 6.42 Å². The van der Waals surface area contributed by atoms with E-state index in [4.69, 9.17) is 0 Å². The number of fused-ring (bicyclic) bond motifs is 6. The van der Waals surface area contributed by atoms with Crippen LogP contribution in [0.5, 0.6) is 0 Å². The van der Waals surface area contributed by atoms with Crippen LogP contribution < -0.4 is 9.80 Å². The third-order valence-corrected chi connectivity index (χ3v) is 16.8. The molecule has 2 fully saturated rings. The lowest BCUT2D eigenvalue weighted by atomic mass is 9.75. The zero-order valence-electron chi connectivity index (χ0n) is 35.6. The summed E-state index contributed by atoms with van der Waals surface area (Å²) in [6.07, 6.45) is 12.7. The first kappa shape index (κ1) is 38.6. The van der Waals surface area contributed by atoms with Gasteiger partial charge in [-0.05, 0) is 127 Å². The second-order valence-corrected chi connectivity index (χ2v) is 20.0. The smallest absolute Gasteiger partial charge is 0.0592 e. The van der Waals surface area contributed by atoms with Gasteiger partial charge in [0.25, 0.3) is 0 Å². The summed E-state index contributed by atoms with van der Waals surface area (Å²) in [7, 11) is 4.56. The van der Waals surface area contributed by atoms with Gasteiger partial charge >= 0.3 is 0 Å². The molecule has 6 aromatic carbocycles. The quantitative estimate of drug-likeness (QED) is 0.143. The van der Waals surface area contributed by atoms with Gasteiger partial charge in [-0.15, -0.1) is 22.7 Å². The van der Waals surface area contributed by atoms with E-state index in [1.165, 1.54) is 138 Å². The van der Waals surface area contributed by atoms with E-state index in [-0.39, 0.29) is 0 Å². The van der Waals surface area contributed by atoms with Crippen LogP contribution in [0.2, 0.25) is 0 Å². The van der Waals surface area contributed by atoms with Crippen LogP contribution in [-0.2, 0) is 6.42 Å².